The van der Waals surface area contributed by atoms with E-state index in [1.165, 1.54) is 0 Å². The zero-order valence-corrected chi connectivity index (χ0v) is 15.6. The highest BCUT2D eigenvalue weighted by Gasteiger charge is 2.22. The van der Waals surface area contributed by atoms with Crippen molar-refractivity contribution < 1.29 is 0 Å². The first kappa shape index (κ1) is 17.1. The Kier molecular flexibility index (Phi) is 4.91. The lowest BCUT2D eigenvalue weighted by molar-refractivity contribution is 0.247. The van der Waals surface area contributed by atoms with Crippen molar-refractivity contribution in [2.75, 3.05) is 37.7 Å². The third-order valence-corrected chi connectivity index (χ3v) is 5.18. The second kappa shape index (κ2) is 7.48. The number of likely N-dealkylation sites (N-methyl/N-ethyl adjacent to an activating group) is 1. The van der Waals surface area contributed by atoms with E-state index >= 15 is 0 Å². The van der Waals surface area contributed by atoms with Gasteiger partial charge in [-0.3, -0.25) is 14.9 Å². The van der Waals surface area contributed by atoms with Gasteiger partial charge in [0.05, 0.1) is 11.9 Å². The summed E-state index contributed by atoms with van der Waals surface area (Å²) in [5.74, 6) is 0. The van der Waals surface area contributed by atoms with Crippen molar-refractivity contribution in [2.45, 2.75) is 6.92 Å². The highest BCUT2D eigenvalue weighted by molar-refractivity contribution is 6.30. The normalized spacial score (nSPS) is 15.4. The van der Waals surface area contributed by atoms with Crippen LogP contribution in [-0.4, -0.2) is 52.5 Å². The molecule has 2 aromatic heterocycles. The van der Waals surface area contributed by atoms with Gasteiger partial charge in [0.15, 0.2) is 0 Å². The molecule has 1 saturated heterocycles. The Morgan fingerprint density at radius 2 is 1.62 bits per heavy atom. The second-order valence-corrected chi connectivity index (χ2v) is 6.86. The molecular formula is C20H22ClN5. The van der Waals surface area contributed by atoms with Crippen molar-refractivity contribution in [3.63, 3.8) is 0 Å². The molecule has 0 spiro atoms. The molecule has 0 bridgehead atoms. The van der Waals surface area contributed by atoms with Crippen molar-refractivity contribution >= 4 is 11.6 Å². The smallest absolute Gasteiger partial charge is 0.0998 e. The summed E-state index contributed by atoms with van der Waals surface area (Å²) in [6.45, 7) is 7.35. The zero-order chi connectivity index (χ0) is 17.9. The number of nitrogens with zero attached hydrogens (tertiary/aromatic N) is 5. The molecule has 134 valence electrons. The third-order valence-electron chi connectivity index (χ3n) is 4.92. The minimum Gasteiger partial charge on any atom is -0.300 e. The van der Waals surface area contributed by atoms with Crippen LogP contribution in [0.15, 0.2) is 55.0 Å². The van der Waals surface area contributed by atoms with Crippen LogP contribution in [0.5, 0.6) is 0 Å². The molecule has 6 heteroatoms. The molecule has 0 N–H and O–H groups in total. The van der Waals surface area contributed by atoms with E-state index in [2.05, 4.69) is 38.7 Å². The van der Waals surface area contributed by atoms with Crippen LogP contribution >= 0.6 is 11.6 Å². The number of halogens is 1. The Hall–Kier alpha value is -2.37. The number of hydrogen-bond acceptors (Lipinski definition) is 4. The van der Waals surface area contributed by atoms with Crippen molar-refractivity contribution in [1.82, 2.24) is 19.8 Å². The van der Waals surface area contributed by atoms with Crippen LogP contribution in [0.25, 0.3) is 22.4 Å². The molecule has 0 saturated carbocycles. The van der Waals surface area contributed by atoms with Gasteiger partial charge in [-0.25, -0.2) is 0 Å². The molecule has 3 heterocycles. The first-order chi connectivity index (χ1) is 12.8. The average molecular weight is 368 g/mol. The summed E-state index contributed by atoms with van der Waals surface area (Å²) in [6, 6.07) is 12.0. The minimum absolute atomic E-state index is 0.738. The predicted molar refractivity (Wildman–Crippen MR) is 106 cm³/mol. The zero-order valence-electron chi connectivity index (χ0n) is 14.8. The van der Waals surface area contributed by atoms with Crippen LogP contribution in [0.3, 0.4) is 0 Å². The highest BCUT2D eigenvalue weighted by atomic mass is 35.5. The second-order valence-electron chi connectivity index (χ2n) is 6.43. The Labute approximate surface area is 158 Å². The molecule has 1 fully saturated rings. The van der Waals surface area contributed by atoms with Crippen LogP contribution in [0.1, 0.15) is 6.92 Å². The maximum Gasteiger partial charge on any atom is 0.0998 e. The molecule has 0 amide bonds. The number of pyridine rings is 1. The molecule has 26 heavy (non-hydrogen) atoms. The third kappa shape index (κ3) is 3.32. The van der Waals surface area contributed by atoms with Gasteiger partial charge in [0.2, 0.25) is 0 Å². The van der Waals surface area contributed by atoms with Gasteiger partial charge in [0, 0.05) is 54.7 Å². The van der Waals surface area contributed by atoms with E-state index in [0.717, 1.165) is 60.1 Å². The SMILES string of the molecule is CCN1CCN(n2ncc(-c3ccncc3)c2-c2ccc(Cl)cc2)CC1. The lowest BCUT2D eigenvalue weighted by Gasteiger charge is -2.36. The van der Waals surface area contributed by atoms with Crippen molar-refractivity contribution in [3.8, 4) is 22.4 Å². The first-order valence-electron chi connectivity index (χ1n) is 8.98. The van der Waals surface area contributed by atoms with Gasteiger partial charge in [-0.2, -0.15) is 9.89 Å². The van der Waals surface area contributed by atoms with Gasteiger partial charge in [-0.15, -0.1) is 0 Å². The molecule has 1 aromatic carbocycles. The summed E-state index contributed by atoms with van der Waals surface area (Å²) >= 11 is 6.10. The Morgan fingerprint density at radius 1 is 0.923 bits per heavy atom. The van der Waals surface area contributed by atoms with Gasteiger partial charge in [0.25, 0.3) is 0 Å². The summed E-state index contributed by atoms with van der Waals surface area (Å²) in [7, 11) is 0. The van der Waals surface area contributed by atoms with E-state index in [9.17, 15) is 0 Å². The van der Waals surface area contributed by atoms with Crippen LogP contribution in [0.4, 0.5) is 0 Å². The summed E-state index contributed by atoms with van der Waals surface area (Å²) in [5.41, 5.74) is 4.42. The van der Waals surface area contributed by atoms with E-state index in [4.69, 9.17) is 16.7 Å². The fourth-order valence-corrected chi connectivity index (χ4v) is 3.54. The van der Waals surface area contributed by atoms with E-state index in [0.29, 0.717) is 0 Å². The Morgan fingerprint density at radius 3 is 2.27 bits per heavy atom. The lowest BCUT2D eigenvalue weighted by Crippen LogP contribution is -2.51. The molecule has 4 rings (SSSR count). The summed E-state index contributed by atoms with van der Waals surface area (Å²) in [6.07, 6.45) is 5.59. The maximum atomic E-state index is 6.10. The fraction of sp³-hybridized carbons (Fsp3) is 0.300. The minimum atomic E-state index is 0.738. The van der Waals surface area contributed by atoms with Gasteiger partial charge in [0.1, 0.15) is 0 Å². The van der Waals surface area contributed by atoms with Crippen LogP contribution in [0.2, 0.25) is 5.02 Å². The molecular weight excluding hydrogens is 346 g/mol. The van der Waals surface area contributed by atoms with Crippen molar-refractivity contribution in [1.29, 1.82) is 0 Å². The van der Waals surface area contributed by atoms with Gasteiger partial charge < -0.3 is 0 Å². The highest BCUT2D eigenvalue weighted by Crippen LogP contribution is 2.32. The Balaban J connectivity index is 1.77. The van der Waals surface area contributed by atoms with E-state index in [-0.39, 0.29) is 0 Å². The van der Waals surface area contributed by atoms with Gasteiger partial charge in [-0.1, -0.05) is 30.7 Å². The summed E-state index contributed by atoms with van der Waals surface area (Å²) in [5, 5.41) is 7.79. The van der Waals surface area contributed by atoms with Crippen LogP contribution in [0, 0.1) is 0 Å². The first-order valence-corrected chi connectivity index (χ1v) is 9.36. The quantitative estimate of drug-likeness (QED) is 0.706. The van der Waals surface area contributed by atoms with Crippen LogP contribution < -0.4 is 5.01 Å². The molecule has 0 radical (unpaired) electrons. The largest absolute Gasteiger partial charge is 0.300 e. The Bertz CT molecular complexity index is 852. The topological polar surface area (TPSA) is 37.2 Å². The molecule has 0 unspecified atom stereocenters. The molecule has 1 aliphatic rings. The summed E-state index contributed by atoms with van der Waals surface area (Å²) < 4.78 is 0. The number of hydrogen-bond donors (Lipinski definition) is 0. The fourth-order valence-electron chi connectivity index (χ4n) is 3.42. The molecule has 0 atom stereocenters. The number of aromatic nitrogens is 3. The summed E-state index contributed by atoms with van der Waals surface area (Å²) in [4.78, 5) is 8.66. The van der Waals surface area contributed by atoms with E-state index in [1.54, 1.807) is 0 Å². The number of piperazine rings is 1. The van der Waals surface area contributed by atoms with Crippen molar-refractivity contribution in [3.05, 3.63) is 60.0 Å². The number of rotatable bonds is 4. The van der Waals surface area contributed by atoms with Crippen LogP contribution in [-0.2, 0) is 0 Å². The van der Waals surface area contributed by atoms with Crippen molar-refractivity contribution in [2.24, 2.45) is 0 Å². The van der Waals surface area contributed by atoms with Gasteiger partial charge in [-0.05, 0) is 36.4 Å². The predicted octanol–water partition coefficient (Wildman–Crippen LogP) is 3.54. The maximum absolute atomic E-state index is 6.10. The molecule has 1 aliphatic heterocycles. The molecule has 3 aromatic rings. The number of benzene rings is 1. The van der Waals surface area contributed by atoms with Gasteiger partial charge >= 0.3 is 0 Å². The average Bonchev–Trinajstić information content (AvgIpc) is 3.14. The van der Waals surface area contributed by atoms with E-state index in [1.807, 2.05) is 42.9 Å². The lowest BCUT2D eigenvalue weighted by atomic mass is 10.0. The molecule has 5 nitrogen and oxygen atoms in total. The monoisotopic (exact) mass is 367 g/mol. The standard InChI is InChI=1S/C20H22ClN5/c1-2-24-11-13-25(14-12-24)26-20(17-3-5-18(21)6-4-17)19(15-23-26)16-7-9-22-10-8-16/h3-10,15H,2,11-14H2,1H3. The van der Waals surface area contributed by atoms with E-state index < -0.39 is 0 Å². The molecule has 0 aliphatic carbocycles.